The van der Waals surface area contributed by atoms with Crippen molar-refractivity contribution in [3.05, 3.63) is 41.7 Å². The van der Waals surface area contributed by atoms with Gasteiger partial charge in [-0.05, 0) is 24.6 Å². The molecule has 0 fully saturated rings. The summed E-state index contributed by atoms with van der Waals surface area (Å²) in [5.74, 6) is 1.13. The molecule has 90 valence electrons. The van der Waals surface area contributed by atoms with Gasteiger partial charge in [-0.1, -0.05) is 6.07 Å². The fourth-order valence-electron chi connectivity index (χ4n) is 1.88. The highest BCUT2D eigenvalue weighted by atomic mass is 16.5. The fourth-order valence-corrected chi connectivity index (χ4v) is 1.88. The Balaban J connectivity index is 2.47. The summed E-state index contributed by atoms with van der Waals surface area (Å²) in [5, 5.41) is 3.04. The van der Waals surface area contributed by atoms with E-state index in [0.717, 1.165) is 16.9 Å². The molecule has 1 aliphatic heterocycles. The van der Waals surface area contributed by atoms with Crippen LogP contribution in [-0.2, 0) is 5.66 Å². The highest BCUT2D eigenvalue weighted by Crippen LogP contribution is 2.25. The highest BCUT2D eigenvalue weighted by Gasteiger charge is 2.33. The molecule has 1 aromatic carbocycles. The zero-order valence-corrected chi connectivity index (χ0v) is 9.90. The second-order valence-corrected chi connectivity index (χ2v) is 3.96. The van der Waals surface area contributed by atoms with Crippen LogP contribution in [0.5, 0.6) is 5.75 Å². The van der Waals surface area contributed by atoms with Gasteiger partial charge in [-0.2, -0.15) is 0 Å². The first-order chi connectivity index (χ1) is 8.08. The molecule has 17 heavy (non-hydrogen) atoms. The molecule has 2 rings (SSSR count). The average Bonchev–Trinajstić information content (AvgIpc) is 2.32. The predicted octanol–water partition coefficient (Wildman–Crippen LogP) is 0.547. The minimum absolute atomic E-state index is 0.341. The standard InChI is InChI=1S/C12H16N4O/c1-8-7-9(17-2)3-4-10(8)12(14)11(13)15-5-6-16-12/h3-7,16H,14H2,1-2H3,(H2,13,15). The summed E-state index contributed by atoms with van der Waals surface area (Å²) in [6.45, 7) is 1.96. The molecule has 1 aromatic rings. The van der Waals surface area contributed by atoms with Crippen molar-refractivity contribution in [3.8, 4) is 5.75 Å². The van der Waals surface area contributed by atoms with Crippen LogP contribution in [-0.4, -0.2) is 12.9 Å². The summed E-state index contributed by atoms with van der Waals surface area (Å²) in [4.78, 5) is 4.04. The number of methoxy groups -OCH3 is 1. The molecule has 1 atom stereocenters. The van der Waals surface area contributed by atoms with Crippen molar-refractivity contribution in [2.45, 2.75) is 12.6 Å². The van der Waals surface area contributed by atoms with E-state index in [4.69, 9.17) is 16.2 Å². The number of benzene rings is 1. The molecule has 1 aliphatic rings. The Labute approximate surface area is 100 Å². The number of amidine groups is 1. The molecule has 0 bridgehead atoms. The smallest absolute Gasteiger partial charge is 0.171 e. The van der Waals surface area contributed by atoms with Crippen LogP contribution in [0.25, 0.3) is 0 Å². The van der Waals surface area contributed by atoms with Gasteiger partial charge in [0.25, 0.3) is 0 Å². The lowest BCUT2D eigenvalue weighted by Gasteiger charge is -2.32. The monoisotopic (exact) mass is 232 g/mol. The number of aliphatic imine (C=N–C) groups is 1. The van der Waals surface area contributed by atoms with Gasteiger partial charge in [0.1, 0.15) is 11.6 Å². The van der Waals surface area contributed by atoms with Crippen molar-refractivity contribution < 1.29 is 4.74 Å². The van der Waals surface area contributed by atoms with Crippen molar-refractivity contribution in [2.24, 2.45) is 16.5 Å². The number of ether oxygens (including phenoxy) is 1. The van der Waals surface area contributed by atoms with Crippen LogP contribution in [0.4, 0.5) is 0 Å². The second-order valence-electron chi connectivity index (χ2n) is 3.96. The van der Waals surface area contributed by atoms with Gasteiger partial charge < -0.3 is 15.8 Å². The van der Waals surface area contributed by atoms with Crippen molar-refractivity contribution in [2.75, 3.05) is 7.11 Å². The molecule has 1 unspecified atom stereocenters. The number of hydrogen-bond donors (Lipinski definition) is 3. The molecule has 5 heteroatoms. The first-order valence-corrected chi connectivity index (χ1v) is 5.28. The molecule has 1 heterocycles. The summed E-state index contributed by atoms with van der Waals surface area (Å²) in [6.07, 6.45) is 3.26. The molecule has 0 amide bonds. The first-order valence-electron chi connectivity index (χ1n) is 5.28. The van der Waals surface area contributed by atoms with E-state index in [-0.39, 0.29) is 0 Å². The topological polar surface area (TPSA) is 85.7 Å². The largest absolute Gasteiger partial charge is 0.497 e. The molecule has 0 aromatic heterocycles. The maximum Gasteiger partial charge on any atom is 0.171 e. The molecular weight excluding hydrogens is 216 g/mol. The second kappa shape index (κ2) is 4.10. The van der Waals surface area contributed by atoms with E-state index in [1.54, 1.807) is 19.5 Å². The maximum atomic E-state index is 6.26. The van der Waals surface area contributed by atoms with Gasteiger partial charge in [0.05, 0.1) is 7.11 Å². The average molecular weight is 232 g/mol. The fraction of sp³-hybridized carbons (Fsp3) is 0.250. The van der Waals surface area contributed by atoms with E-state index in [1.807, 2.05) is 25.1 Å². The molecule has 0 aliphatic carbocycles. The number of nitrogens with one attached hydrogen (secondary N) is 1. The maximum absolute atomic E-state index is 6.26. The third-order valence-corrected chi connectivity index (χ3v) is 2.86. The van der Waals surface area contributed by atoms with Gasteiger partial charge in [-0.3, -0.25) is 5.73 Å². The normalized spacial score (nSPS) is 22.9. The summed E-state index contributed by atoms with van der Waals surface area (Å²) in [5.41, 5.74) is 13.0. The molecular formula is C12H16N4O. The molecule has 0 radical (unpaired) electrons. The Morgan fingerprint density at radius 2 is 2.18 bits per heavy atom. The summed E-state index contributed by atoms with van der Waals surface area (Å²) >= 11 is 0. The van der Waals surface area contributed by atoms with E-state index in [2.05, 4.69) is 10.3 Å². The van der Waals surface area contributed by atoms with Gasteiger partial charge in [-0.25, -0.2) is 4.99 Å². The number of nitrogens with two attached hydrogens (primary N) is 2. The van der Waals surface area contributed by atoms with E-state index in [9.17, 15) is 0 Å². The zero-order chi connectivity index (χ0) is 12.5. The van der Waals surface area contributed by atoms with Crippen LogP contribution in [0.15, 0.2) is 35.6 Å². The SMILES string of the molecule is COc1ccc(C2(N)NC=CN=C2N)c(C)c1. The van der Waals surface area contributed by atoms with Crippen LogP contribution in [0, 0.1) is 6.92 Å². The lowest BCUT2D eigenvalue weighted by Crippen LogP contribution is -2.59. The Morgan fingerprint density at radius 1 is 1.41 bits per heavy atom. The van der Waals surface area contributed by atoms with Crippen LogP contribution in [0.3, 0.4) is 0 Å². The minimum Gasteiger partial charge on any atom is -0.497 e. The lowest BCUT2D eigenvalue weighted by molar-refractivity contribution is 0.413. The number of aryl methyl sites for hydroxylation is 1. The lowest BCUT2D eigenvalue weighted by atomic mass is 9.94. The number of rotatable bonds is 2. The highest BCUT2D eigenvalue weighted by molar-refractivity contribution is 5.92. The molecule has 0 saturated carbocycles. The van der Waals surface area contributed by atoms with E-state index in [1.165, 1.54) is 0 Å². The van der Waals surface area contributed by atoms with E-state index < -0.39 is 5.66 Å². The third-order valence-electron chi connectivity index (χ3n) is 2.86. The molecule has 0 spiro atoms. The van der Waals surface area contributed by atoms with Crippen LogP contribution in [0.1, 0.15) is 11.1 Å². The summed E-state index contributed by atoms with van der Waals surface area (Å²) in [7, 11) is 1.63. The number of nitrogens with zero attached hydrogens (tertiary/aromatic N) is 1. The predicted molar refractivity (Wildman–Crippen MR) is 67.5 cm³/mol. The van der Waals surface area contributed by atoms with Gasteiger partial charge >= 0.3 is 0 Å². The third kappa shape index (κ3) is 1.85. The minimum atomic E-state index is -0.953. The van der Waals surface area contributed by atoms with E-state index >= 15 is 0 Å². The van der Waals surface area contributed by atoms with Crippen LogP contribution >= 0.6 is 0 Å². The van der Waals surface area contributed by atoms with Crippen molar-refractivity contribution in [1.82, 2.24) is 5.32 Å². The van der Waals surface area contributed by atoms with Crippen LogP contribution < -0.4 is 21.5 Å². The summed E-state index contributed by atoms with van der Waals surface area (Å²) < 4.78 is 5.16. The molecule has 0 saturated heterocycles. The van der Waals surface area contributed by atoms with Crippen molar-refractivity contribution in [1.29, 1.82) is 0 Å². The van der Waals surface area contributed by atoms with Crippen molar-refractivity contribution >= 4 is 5.84 Å². The van der Waals surface area contributed by atoms with Gasteiger partial charge in [-0.15, -0.1) is 0 Å². The Bertz CT molecular complexity index is 495. The Morgan fingerprint density at radius 3 is 2.76 bits per heavy atom. The van der Waals surface area contributed by atoms with Gasteiger partial charge in [0, 0.05) is 18.0 Å². The quantitative estimate of drug-likeness (QED) is 0.695. The van der Waals surface area contributed by atoms with Gasteiger partial charge in [0.15, 0.2) is 5.66 Å². The summed E-state index contributed by atoms with van der Waals surface area (Å²) in [6, 6.07) is 5.66. The van der Waals surface area contributed by atoms with Crippen LogP contribution in [0.2, 0.25) is 0 Å². The Kier molecular flexibility index (Phi) is 2.77. The van der Waals surface area contributed by atoms with Gasteiger partial charge in [0.2, 0.25) is 0 Å². The zero-order valence-electron chi connectivity index (χ0n) is 9.90. The molecule has 5 N–H and O–H groups in total. The number of hydrogen-bond acceptors (Lipinski definition) is 5. The Hall–Kier alpha value is -2.01. The van der Waals surface area contributed by atoms with Crippen molar-refractivity contribution in [3.63, 3.8) is 0 Å². The molecule has 5 nitrogen and oxygen atoms in total. The first kappa shape index (κ1) is 11.5. The van der Waals surface area contributed by atoms with E-state index in [0.29, 0.717) is 5.84 Å².